The maximum absolute atomic E-state index is 15.3. The van der Waals surface area contributed by atoms with Crippen molar-refractivity contribution in [3.63, 3.8) is 0 Å². The van der Waals surface area contributed by atoms with Crippen LogP contribution in [0.3, 0.4) is 0 Å². The molecule has 0 spiro atoms. The van der Waals surface area contributed by atoms with Gasteiger partial charge in [-0.15, -0.1) is 0 Å². The number of pyridine rings is 1. The third-order valence-corrected chi connectivity index (χ3v) is 8.34. The second-order valence-corrected chi connectivity index (χ2v) is 11.0. The predicted octanol–water partition coefficient (Wildman–Crippen LogP) is 3.24. The van der Waals surface area contributed by atoms with Crippen molar-refractivity contribution >= 4 is 21.6 Å². The molecule has 0 aliphatic carbocycles. The van der Waals surface area contributed by atoms with Crippen LogP contribution in [0.5, 0.6) is 5.88 Å². The minimum absolute atomic E-state index is 0.0343. The molecule has 10 nitrogen and oxygen atoms in total. The largest absolute Gasteiger partial charge is 0.479 e. The molecule has 1 amide bonds. The molecule has 3 aromatic rings. The number of anilines is 1. The van der Waals surface area contributed by atoms with E-state index in [0.717, 1.165) is 24.3 Å². The molecule has 2 aromatic heterocycles. The van der Waals surface area contributed by atoms with E-state index in [1.165, 1.54) is 34.7 Å². The Kier molecular flexibility index (Phi) is 7.07. The molecular weight excluding hydrogens is 548 g/mol. The molecule has 2 aliphatic rings. The number of methoxy groups -OCH3 is 1. The van der Waals surface area contributed by atoms with Gasteiger partial charge in [0, 0.05) is 30.8 Å². The molecule has 2 aliphatic heterocycles. The molecule has 5 rings (SSSR count). The lowest BCUT2D eigenvalue weighted by molar-refractivity contribution is -0.137. The molecule has 0 N–H and O–H groups in total. The summed E-state index contributed by atoms with van der Waals surface area (Å²) in [7, 11) is -2.53. The van der Waals surface area contributed by atoms with Crippen molar-refractivity contribution in [3.8, 4) is 17.1 Å². The number of carbonyl (C=O) groups excluding carboxylic acids is 1. The molecule has 0 radical (unpaired) electrons. The van der Waals surface area contributed by atoms with Gasteiger partial charge in [-0.1, -0.05) is 17.3 Å². The predicted molar refractivity (Wildman–Crippen MR) is 128 cm³/mol. The molecule has 39 heavy (non-hydrogen) atoms. The van der Waals surface area contributed by atoms with Gasteiger partial charge in [0.15, 0.2) is 5.82 Å². The number of hydrogen-bond acceptors (Lipinski definition) is 8. The number of halogens is 4. The Hall–Kier alpha value is -3.56. The number of sulfonamides is 1. The van der Waals surface area contributed by atoms with Crippen LogP contribution < -0.4 is 9.64 Å². The zero-order valence-corrected chi connectivity index (χ0v) is 21.2. The molecule has 2 fully saturated rings. The minimum atomic E-state index is -4.64. The number of fused-ring (bicyclic) bond motifs is 1. The standard InChI is InChI=1S/C24H22F4N4O6S/c1-36-23-19(10-17(25)22(29-23)14-3-2-4-15(9-14)24(26,27)28)32-18-5-7-31(11-20(18)37-12-21(32)33)39(34,35)13-16-6-8-38-30-16/h2-4,6,8-10,18,20H,5,7,11-13H2,1H3/t18-,20-/m0/s1. The van der Waals surface area contributed by atoms with Crippen molar-refractivity contribution < 1.29 is 44.8 Å². The van der Waals surface area contributed by atoms with E-state index >= 15 is 4.39 Å². The van der Waals surface area contributed by atoms with Gasteiger partial charge in [-0.05, 0) is 18.6 Å². The molecule has 0 saturated carbocycles. The van der Waals surface area contributed by atoms with Crippen LogP contribution in [0, 0.1) is 5.82 Å². The first-order valence-corrected chi connectivity index (χ1v) is 13.3. The summed E-state index contributed by atoms with van der Waals surface area (Å²) in [4.78, 5) is 18.3. The first kappa shape index (κ1) is 27.0. The van der Waals surface area contributed by atoms with E-state index in [1.807, 2.05) is 0 Å². The van der Waals surface area contributed by atoms with Crippen molar-refractivity contribution in [1.29, 1.82) is 0 Å². The average molecular weight is 571 g/mol. The number of aromatic nitrogens is 2. The van der Waals surface area contributed by atoms with Crippen LogP contribution in [0.1, 0.15) is 17.7 Å². The number of hydrogen-bond donors (Lipinski definition) is 0. The highest BCUT2D eigenvalue weighted by Crippen LogP contribution is 2.39. The number of nitrogens with zero attached hydrogens (tertiary/aromatic N) is 4. The number of morpholine rings is 1. The Morgan fingerprint density at radius 1 is 1.21 bits per heavy atom. The second kappa shape index (κ2) is 10.2. The van der Waals surface area contributed by atoms with E-state index in [0.29, 0.717) is 0 Å². The van der Waals surface area contributed by atoms with Gasteiger partial charge in [0.05, 0.1) is 30.5 Å². The number of carbonyl (C=O) groups is 1. The van der Waals surface area contributed by atoms with E-state index < -0.39 is 52.2 Å². The molecule has 15 heteroatoms. The van der Waals surface area contributed by atoms with Gasteiger partial charge in [-0.3, -0.25) is 9.69 Å². The maximum Gasteiger partial charge on any atom is 0.416 e. The van der Waals surface area contributed by atoms with Gasteiger partial charge < -0.3 is 14.0 Å². The normalized spacial score (nSPS) is 20.6. The summed E-state index contributed by atoms with van der Waals surface area (Å²) in [5.74, 6) is -2.04. The monoisotopic (exact) mass is 570 g/mol. The molecule has 1 aromatic carbocycles. The van der Waals surface area contributed by atoms with Crippen molar-refractivity contribution in [2.24, 2.45) is 0 Å². The summed E-state index contributed by atoms with van der Waals surface area (Å²) >= 11 is 0. The summed E-state index contributed by atoms with van der Waals surface area (Å²) in [6, 6.07) is 5.81. The lowest BCUT2D eigenvalue weighted by Crippen LogP contribution is -2.62. The summed E-state index contributed by atoms with van der Waals surface area (Å²) in [5.41, 5.74) is -1.27. The number of alkyl halides is 3. The SMILES string of the molecule is COc1nc(-c2cccc(C(F)(F)F)c2)c(F)cc1N1C(=O)CO[C@H]2CN(S(=O)(=O)Cc3ccon3)CC[C@@H]21. The molecule has 2 saturated heterocycles. The van der Waals surface area contributed by atoms with E-state index in [4.69, 9.17) is 14.0 Å². The fraction of sp³-hybridized carbons (Fsp3) is 0.375. The van der Waals surface area contributed by atoms with Gasteiger partial charge in [-0.2, -0.15) is 17.5 Å². The van der Waals surface area contributed by atoms with Gasteiger partial charge in [0.1, 0.15) is 30.0 Å². The number of ether oxygens (including phenoxy) is 2. The van der Waals surface area contributed by atoms with E-state index in [-0.39, 0.29) is 53.8 Å². The fourth-order valence-electron chi connectivity index (χ4n) is 4.75. The van der Waals surface area contributed by atoms with Crippen LogP contribution in [0.2, 0.25) is 0 Å². The Morgan fingerprint density at radius 2 is 2.00 bits per heavy atom. The van der Waals surface area contributed by atoms with Crippen LogP contribution in [0.15, 0.2) is 47.2 Å². The Labute approximate surface area is 220 Å². The van der Waals surface area contributed by atoms with Gasteiger partial charge in [-0.25, -0.2) is 17.8 Å². The summed E-state index contributed by atoms with van der Waals surface area (Å²) < 4.78 is 97.6. The van der Waals surface area contributed by atoms with Gasteiger partial charge in [0.25, 0.3) is 5.91 Å². The topological polar surface area (TPSA) is 115 Å². The quantitative estimate of drug-likeness (QED) is 0.415. The highest BCUT2D eigenvalue weighted by molar-refractivity contribution is 7.88. The average Bonchev–Trinajstić information content (AvgIpc) is 3.40. The zero-order valence-electron chi connectivity index (χ0n) is 20.4. The second-order valence-electron chi connectivity index (χ2n) is 9.00. The van der Waals surface area contributed by atoms with Crippen LogP contribution in [0.4, 0.5) is 23.2 Å². The first-order chi connectivity index (χ1) is 18.5. The number of benzene rings is 1. The Bertz CT molecular complexity index is 1480. The molecule has 2 atom stereocenters. The van der Waals surface area contributed by atoms with Crippen LogP contribution in [0.25, 0.3) is 11.3 Å². The first-order valence-electron chi connectivity index (χ1n) is 11.7. The highest BCUT2D eigenvalue weighted by Gasteiger charge is 2.45. The third kappa shape index (κ3) is 5.33. The Balaban J connectivity index is 1.44. The molecule has 208 valence electrons. The lowest BCUT2D eigenvalue weighted by atomic mass is 9.98. The number of amides is 1. The van der Waals surface area contributed by atoms with E-state index in [9.17, 15) is 26.4 Å². The third-order valence-electron chi connectivity index (χ3n) is 6.56. The molecular formula is C24H22F4N4O6S. The van der Waals surface area contributed by atoms with E-state index in [1.54, 1.807) is 0 Å². The lowest BCUT2D eigenvalue weighted by Gasteiger charge is -2.46. The zero-order chi connectivity index (χ0) is 27.9. The molecule has 4 heterocycles. The molecule has 0 unspecified atom stereocenters. The van der Waals surface area contributed by atoms with Crippen LogP contribution in [-0.2, 0) is 31.5 Å². The van der Waals surface area contributed by atoms with Crippen molar-refractivity contribution in [3.05, 3.63) is 59.7 Å². The van der Waals surface area contributed by atoms with Crippen LogP contribution in [-0.4, -0.2) is 67.7 Å². The summed E-state index contributed by atoms with van der Waals surface area (Å²) in [5, 5.41) is 3.64. The van der Waals surface area contributed by atoms with Crippen molar-refractivity contribution in [2.75, 3.05) is 31.7 Å². The van der Waals surface area contributed by atoms with Crippen LogP contribution >= 0.6 is 0 Å². The van der Waals surface area contributed by atoms with Crippen molar-refractivity contribution in [1.82, 2.24) is 14.4 Å². The summed E-state index contributed by atoms with van der Waals surface area (Å²) in [6.45, 7) is -0.414. The van der Waals surface area contributed by atoms with Crippen molar-refractivity contribution in [2.45, 2.75) is 30.5 Å². The number of piperidine rings is 1. The summed E-state index contributed by atoms with van der Waals surface area (Å²) in [6.07, 6.45) is -3.94. The minimum Gasteiger partial charge on any atom is -0.479 e. The van der Waals surface area contributed by atoms with Gasteiger partial charge >= 0.3 is 6.18 Å². The van der Waals surface area contributed by atoms with E-state index in [2.05, 4.69) is 10.1 Å². The smallest absolute Gasteiger partial charge is 0.416 e. The maximum atomic E-state index is 15.3. The number of rotatable bonds is 6. The molecule has 0 bridgehead atoms. The van der Waals surface area contributed by atoms with Gasteiger partial charge in [0.2, 0.25) is 15.9 Å². The highest BCUT2D eigenvalue weighted by atomic mass is 32.2. The fourth-order valence-corrected chi connectivity index (χ4v) is 6.22. The Morgan fingerprint density at radius 3 is 2.69 bits per heavy atom.